The van der Waals surface area contributed by atoms with Gasteiger partial charge < -0.3 is 19.5 Å². The summed E-state index contributed by atoms with van der Waals surface area (Å²) in [5.41, 5.74) is 0.999. The molecule has 1 saturated carbocycles. The van der Waals surface area contributed by atoms with Crippen LogP contribution in [0.3, 0.4) is 0 Å². The van der Waals surface area contributed by atoms with Gasteiger partial charge in [-0.15, -0.1) is 0 Å². The maximum atomic E-state index is 12.3. The quantitative estimate of drug-likeness (QED) is 0.586. The van der Waals surface area contributed by atoms with Gasteiger partial charge in [0.25, 0.3) is 11.6 Å². The predicted molar refractivity (Wildman–Crippen MR) is 119 cm³/mol. The Hall–Kier alpha value is -2.14. The number of nitrogens with zero attached hydrogens (tertiary/aromatic N) is 4. The second-order valence-corrected chi connectivity index (χ2v) is 9.92. The average molecular weight is 484 g/mol. The summed E-state index contributed by atoms with van der Waals surface area (Å²) in [7, 11) is 0. The second kappa shape index (κ2) is 11.3. The molecule has 0 atom stereocenters. The number of ether oxygens (including phenoxy) is 1. The van der Waals surface area contributed by atoms with Crippen LogP contribution in [0.4, 0.5) is 8.78 Å². The minimum Gasteiger partial charge on any atom is -0.464 e. The van der Waals surface area contributed by atoms with E-state index in [0.717, 1.165) is 75.2 Å². The van der Waals surface area contributed by atoms with E-state index in [0.29, 0.717) is 22.8 Å². The molecule has 1 N–H and O–H groups in total. The van der Waals surface area contributed by atoms with Gasteiger partial charge in [0.15, 0.2) is 12.4 Å². The number of hydrogen-bond acceptors (Lipinski definition) is 8. The van der Waals surface area contributed by atoms with E-state index in [1.807, 2.05) is 0 Å². The van der Waals surface area contributed by atoms with Crippen LogP contribution in [-0.2, 0) is 24.1 Å². The number of rotatable bonds is 9. The van der Waals surface area contributed by atoms with Gasteiger partial charge in [0.1, 0.15) is 0 Å². The maximum absolute atomic E-state index is 12.3. The molecule has 8 nitrogen and oxygen atoms in total. The van der Waals surface area contributed by atoms with E-state index in [9.17, 15) is 13.6 Å². The summed E-state index contributed by atoms with van der Waals surface area (Å²) < 4.78 is 34.7. The normalized spacial score (nSPS) is 21.6. The summed E-state index contributed by atoms with van der Waals surface area (Å²) in [6, 6.07) is 0.225. The number of alkyl halides is 2. The van der Waals surface area contributed by atoms with Crippen molar-refractivity contribution in [2.45, 2.75) is 70.8 Å². The number of thiazole rings is 1. The largest absolute Gasteiger partial charge is 0.464 e. The lowest BCUT2D eigenvalue weighted by atomic mass is 9.84. The molecule has 2 aromatic heterocycles. The topological polar surface area (TPSA) is 93.4 Å². The maximum Gasteiger partial charge on any atom is 0.273 e. The molecule has 0 spiro atoms. The van der Waals surface area contributed by atoms with Crippen molar-refractivity contribution in [3.8, 4) is 5.19 Å². The van der Waals surface area contributed by atoms with Crippen LogP contribution in [0.2, 0.25) is 0 Å². The number of fused-ring (bicyclic) bond motifs is 1. The SMILES string of the molecule is Cc1nc(CC(=O)N[C@H]2CC[C@H](CCN3CCc4nc(OCC(F)F)sc4CC3)CC2)no1. The van der Waals surface area contributed by atoms with E-state index in [-0.39, 0.29) is 18.4 Å². The fourth-order valence-corrected chi connectivity index (χ4v) is 5.55. The Morgan fingerprint density at radius 3 is 2.76 bits per heavy atom. The van der Waals surface area contributed by atoms with Crippen LogP contribution >= 0.6 is 11.3 Å². The van der Waals surface area contributed by atoms with Gasteiger partial charge >= 0.3 is 0 Å². The molecule has 3 heterocycles. The molecule has 182 valence electrons. The van der Waals surface area contributed by atoms with Gasteiger partial charge in [-0.3, -0.25) is 4.79 Å². The number of carbonyl (C=O) groups excluding carboxylic acids is 1. The molecule has 2 aliphatic rings. The summed E-state index contributed by atoms with van der Waals surface area (Å²) in [4.78, 5) is 24.3. The number of hydrogen-bond donors (Lipinski definition) is 1. The van der Waals surface area contributed by atoms with E-state index in [1.54, 1.807) is 6.92 Å². The molecule has 2 aromatic rings. The van der Waals surface area contributed by atoms with Crippen molar-refractivity contribution in [3.05, 3.63) is 22.3 Å². The molecule has 1 aliphatic heterocycles. The monoisotopic (exact) mass is 483 g/mol. The lowest BCUT2D eigenvalue weighted by Crippen LogP contribution is -2.39. The number of amides is 1. The van der Waals surface area contributed by atoms with Crippen LogP contribution in [0.15, 0.2) is 4.52 Å². The summed E-state index contributed by atoms with van der Waals surface area (Å²) in [6.45, 7) is 4.07. The Kier molecular flexibility index (Phi) is 8.24. The Bertz CT molecular complexity index is 888. The minimum absolute atomic E-state index is 0.0485. The molecule has 11 heteroatoms. The van der Waals surface area contributed by atoms with Crippen molar-refractivity contribution >= 4 is 17.2 Å². The molecule has 0 saturated heterocycles. The third-order valence-electron chi connectivity index (χ3n) is 6.37. The third-order valence-corrected chi connectivity index (χ3v) is 7.44. The number of aromatic nitrogens is 3. The van der Waals surface area contributed by atoms with Gasteiger partial charge in [-0.05, 0) is 51.0 Å². The van der Waals surface area contributed by atoms with Gasteiger partial charge in [0.2, 0.25) is 11.8 Å². The van der Waals surface area contributed by atoms with Gasteiger partial charge in [0, 0.05) is 37.4 Å². The fraction of sp³-hybridized carbons (Fsp3) is 0.727. The smallest absolute Gasteiger partial charge is 0.273 e. The first kappa shape index (κ1) is 24.0. The van der Waals surface area contributed by atoms with Crippen LogP contribution in [0, 0.1) is 12.8 Å². The number of halogens is 2. The van der Waals surface area contributed by atoms with Crippen LogP contribution < -0.4 is 10.1 Å². The highest BCUT2D eigenvalue weighted by molar-refractivity contribution is 7.13. The molecule has 1 amide bonds. The highest BCUT2D eigenvalue weighted by Gasteiger charge is 2.25. The Morgan fingerprint density at radius 2 is 2.03 bits per heavy atom. The molecule has 0 aromatic carbocycles. The highest BCUT2D eigenvalue weighted by Crippen LogP contribution is 2.30. The average Bonchev–Trinajstić information content (AvgIpc) is 3.32. The molecule has 0 bridgehead atoms. The van der Waals surface area contributed by atoms with Crippen LogP contribution in [0.1, 0.15) is 54.4 Å². The number of aryl methyl sites for hydroxylation is 1. The van der Waals surface area contributed by atoms with Gasteiger partial charge in [-0.25, -0.2) is 13.8 Å². The predicted octanol–water partition coefficient (Wildman–Crippen LogP) is 3.19. The standard InChI is InChI=1S/C22H31F2N5O3S/c1-14-25-20(28-32-14)12-21(30)26-16-4-2-15(3-5-16)6-9-29-10-7-17-18(8-11-29)33-22(27-17)31-13-19(23)24/h15-16,19H,2-13H2,1H3,(H,26,30)/t15-,16-. The lowest BCUT2D eigenvalue weighted by Gasteiger charge is -2.30. The van der Waals surface area contributed by atoms with E-state index >= 15 is 0 Å². The fourth-order valence-electron chi connectivity index (χ4n) is 4.60. The molecule has 4 rings (SSSR count). The number of carbonyl (C=O) groups is 1. The summed E-state index contributed by atoms with van der Waals surface area (Å²) in [5, 5.41) is 7.25. The van der Waals surface area contributed by atoms with Gasteiger partial charge in [-0.2, -0.15) is 4.98 Å². The molecule has 1 fully saturated rings. The Labute approximate surface area is 196 Å². The zero-order valence-electron chi connectivity index (χ0n) is 18.9. The zero-order chi connectivity index (χ0) is 23.2. The van der Waals surface area contributed by atoms with Crippen molar-refractivity contribution in [3.63, 3.8) is 0 Å². The minimum atomic E-state index is -2.48. The number of nitrogens with one attached hydrogen (secondary N) is 1. The van der Waals surface area contributed by atoms with Crippen LogP contribution in [0.25, 0.3) is 0 Å². The summed E-state index contributed by atoms with van der Waals surface area (Å²) >= 11 is 1.40. The first-order valence-electron chi connectivity index (χ1n) is 11.6. The van der Waals surface area contributed by atoms with Crippen molar-refractivity contribution in [1.29, 1.82) is 0 Å². The van der Waals surface area contributed by atoms with Crippen molar-refractivity contribution in [1.82, 2.24) is 25.3 Å². The molecule has 33 heavy (non-hydrogen) atoms. The first-order chi connectivity index (χ1) is 15.9. The van der Waals surface area contributed by atoms with E-state index < -0.39 is 13.0 Å². The van der Waals surface area contributed by atoms with Crippen LogP contribution in [-0.4, -0.2) is 64.6 Å². The first-order valence-corrected chi connectivity index (χ1v) is 12.5. The molecule has 0 radical (unpaired) electrons. The van der Waals surface area contributed by atoms with Gasteiger partial charge in [0.05, 0.1) is 12.1 Å². The highest BCUT2D eigenvalue weighted by atomic mass is 32.1. The third kappa shape index (κ3) is 7.17. The van der Waals surface area contributed by atoms with E-state index in [4.69, 9.17) is 9.26 Å². The van der Waals surface area contributed by atoms with E-state index in [1.165, 1.54) is 11.3 Å². The Morgan fingerprint density at radius 1 is 1.24 bits per heavy atom. The van der Waals surface area contributed by atoms with Crippen LogP contribution in [0.5, 0.6) is 5.19 Å². The molecule has 1 aliphatic carbocycles. The van der Waals surface area contributed by atoms with Crippen molar-refractivity contribution in [2.75, 3.05) is 26.2 Å². The van der Waals surface area contributed by atoms with E-state index in [2.05, 4.69) is 25.3 Å². The van der Waals surface area contributed by atoms with Gasteiger partial charge in [-0.1, -0.05) is 16.5 Å². The lowest BCUT2D eigenvalue weighted by molar-refractivity contribution is -0.121. The van der Waals surface area contributed by atoms with Crippen molar-refractivity contribution in [2.24, 2.45) is 5.92 Å². The summed E-state index contributed by atoms with van der Waals surface area (Å²) in [6.07, 6.45) is 4.83. The van der Waals surface area contributed by atoms with Crippen molar-refractivity contribution < 1.29 is 22.8 Å². The molecule has 0 unspecified atom stereocenters. The molecular formula is C22H31F2N5O3S. The summed E-state index contributed by atoms with van der Waals surface area (Å²) in [5.74, 6) is 1.53. The second-order valence-electron chi connectivity index (χ2n) is 8.87. The Balaban J connectivity index is 1.13. The molecular weight excluding hydrogens is 452 g/mol. The zero-order valence-corrected chi connectivity index (χ0v) is 19.7.